The molecule has 0 saturated heterocycles. The van der Waals surface area contributed by atoms with Crippen molar-refractivity contribution in [1.29, 1.82) is 0 Å². The van der Waals surface area contributed by atoms with Gasteiger partial charge in [-0.2, -0.15) is 70.2 Å². The van der Waals surface area contributed by atoms with E-state index in [1.807, 2.05) is 0 Å². The van der Waals surface area contributed by atoms with E-state index in [-0.39, 0.29) is 0 Å². The monoisotopic (exact) mass is 414 g/mol. The molecule has 0 aliphatic heterocycles. The van der Waals surface area contributed by atoms with Crippen LogP contribution in [-0.4, -0.2) is 42.0 Å². The van der Waals surface area contributed by atoms with E-state index in [1.165, 1.54) is 0 Å². The van der Waals surface area contributed by atoms with Crippen LogP contribution < -0.4 is 0 Å². The zero-order valence-corrected chi connectivity index (χ0v) is 10.7. The lowest BCUT2D eigenvalue weighted by atomic mass is 9.97. The summed E-state index contributed by atoms with van der Waals surface area (Å²) < 4.78 is 196. The van der Waals surface area contributed by atoms with Gasteiger partial charge in [-0.25, -0.2) is 0 Å². The summed E-state index contributed by atoms with van der Waals surface area (Å²) in [6.07, 6.45) is -18.5. The van der Waals surface area contributed by atoms with E-state index in [0.29, 0.717) is 0 Å². The Kier molecular flexibility index (Phi) is 5.50. The summed E-state index contributed by atoms with van der Waals surface area (Å²) in [7, 11) is 0. The molecule has 0 aromatic rings. The summed E-state index contributed by atoms with van der Waals surface area (Å²) in [5.74, 6) is -36.6. The highest BCUT2D eigenvalue weighted by Gasteiger charge is 2.86. The van der Waals surface area contributed by atoms with E-state index in [2.05, 4.69) is 0 Å². The largest absolute Gasteiger partial charge is 0.460 e. The summed E-state index contributed by atoms with van der Waals surface area (Å²) >= 11 is 0. The fourth-order valence-electron chi connectivity index (χ4n) is 0.993. The molecule has 0 saturated carbocycles. The van der Waals surface area contributed by atoms with Crippen LogP contribution in [0.1, 0.15) is 0 Å². The maximum absolute atomic E-state index is 12.8. The minimum atomic E-state index is -7.90. The van der Waals surface area contributed by atoms with E-state index < -0.39 is 54.1 Å². The summed E-state index contributed by atoms with van der Waals surface area (Å²) in [5, 5.41) is 0. The van der Waals surface area contributed by atoms with E-state index in [0.717, 1.165) is 0 Å². The molecule has 0 aliphatic rings. The third-order valence-electron chi connectivity index (χ3n) is 2.44. The molecular formula is C9H2F16. The first-order valence-electron chi connectivity index (χ1n) is 5.18. The second kappa shape index (κ2) is 5.82. The first-order valence-corrected chi connectivity index (χ1v) is 5.18. The van der Waals surface area contributed by atoms with Crippen molar-refractivity contribution in [2.24, 2.45) is 0 Å². The second-order valence-corrected chi connectivity index (χ2v) is 4.30. The van der Waals surface area contributed by atoms with E-state index >= 15 is 0 Å². The lowest BCUT2D eigenvalue weighted by Gasteiger charge is -2.36. The molecule has 16 heteroatoms. The number of hydrogen-bond donors (Lipinski definition) is 0. The van der Waals surface area contributed by atoms with Gasteiger partial charge in [-0.05, 0) is 12.2 Å². The van der Waals surface area contributed by atoms with E-state index in [1.54, 1.807) is 0 Å². The van der Waals surface area contributed by atoms with Gasteiger partial charge in [0.15, 0.2) is 0 Å². The molecule has 0 heterocycles. The van der Waals surface area contributed by atoms with Crippen molar-refractivity contribution in [1.82, 2.24) is 0 Å². The first kappa shape index (κ1) is 23.6. The number of alkyl halides is 16. The molecule has 0 radical (unpaired) electrons. The highest BCUT2D eigenvalue weighted by Crippen LogP contribution is 2.57. The van der Waals surface area contributed by atoms with Gasteiger partial charge in [0, 0.05) is 0 Å². The molecule has 0 aliphatic carbocycles. The minimum absolute atomic E-state index is 2.08. The van der Waals surface area contributed by atoms with Gasteiger partial charge in [0.1, 0.15) is 0 Å². The molecule has 0 atom stereocenters. The quantitative estimate of drug-likeness (QED) is 0.392. The van der Waals surface area contributed by atoms with Crippen molar-refractivity contribution in [2.45, 2.75) is 42.0 Å². The lowest BCUT2D eigenvalue weighted by Crippen LogP contribution is -2.66. The van der Waals surface area contributed by atoms with Crippen molar-refractivity contribution in [2.75, 3.05) is 0 Å². The Balaban J connectivity index is 6.07. The van der Waals surface area contributed by atoms with Crippen LogP contribution >= 0.6 is 0 Å². The zero-order chi connectivity index (χ0) is 20.9. The molecule has 0 N–H and O–H groups in total. The molecular weight excluding hydrogens is 412 g/mol. The van der Waals surface area contributed by atoms with Crippen LogP contribution in [0.2, 0.25) is 0 Å². The average molecular weight is 414 g/mol. The molecule has 0 amide bonds. The fraction of sp³-hybridized carbons (Fsp3) is 0.778. The zero-order valence-electron chi connectivity index (χ0n) is 10.7. The van der Waals surface area contributed by atoms with Gasteiger partial charge in [-0.15, -0.1) is 0 Å². The molecule has 25 heavy (non-hydrogen) atoms. The Labute approximate surface area is 126 Å². The smallest absolute Gasteiger partial charge is 0.195 e. The van der Waals surface area contributed by atoms with Gasteiger partial charge < -0.3 is 0 Å². The second-order valence-electron chi connectivity index (χ2n) is 4.30. The molecule has 0 rings (SSSR count). The van der Waals surface area contributed by atoms with Crippen LogP contribution in [0.5, 0.6) is 0 Å². The van der Waals surface area contributed by atoms with Gasteiger partial charge in [0.25, 0.3) is 0 Å². The minimum Gasteiger partial charge on any atom is -0.195 e. The van der Waals surface area contributed by atoms with E-state index in [4.69, 9.17) is 0 Å². The van der Waals surface area contributed by atoms with Crippen LogP contribution in [0.15, 0.2) is 12.2 Å². The third-order valence-corrected chi connectivity index (χ3v) is 2.44. The SMILES string of the molecule is FC(F)(F)C(F)(F)C=CC(F)(F)C(F)(F)C(F)(F)C(F)(F)C(F)(F)F. The highest BCUT2D eigenvalue weighted by atomic mass is 19.4. The average Bonchev–Trinajstić information content (AvgIpc) is 2.33. The van der Waals surface area contributed by atoms with Crippen molar-refractivity contribution in [3.8, 4) is 0 Å². The van der Waals surface area contributed by atoms with Gasteiger partial charge in [-0.3, -0.25) is 0 Å². The van der Waals surface area contributed by atoms with Crippen LogP contribution in [0.4, 0.5) is 70.2 Å². The van der Waals surface area contributed by atoms with Crippen molar-refractivity contribution in [3.05, 3.63) is 12.2 Å². The molecule has 0 fully saturated rings. The number of hydrogen-bond acceptors (Lipinski definition) is 0. The molecule has 0 unspecified atom stereocenters. The van der Waals surface area contributed by atoms with Crippen LogP contribution in [0, 0.1) is 0 Å². The Morgan fingerprint density at radius 3 is 0.920 bits per heavy atom. The molecule has 0 bridgehead atoms. The van der Waals surface area contributed by atoms with Gasteiger partial charge in [0.2, 0.25) is 0 Å². The molecule has 150 valence electrons. The standard InChI is InChI=1S/C9H2F16/c10-3(11,1-2-4(12,13)8(20,21)22)5(14,15)6(16,17)7(18,19)9(23,24)25/h1-2H. The third kappa shape index (κ3) is 3.75. The molecule has 0 nitrogen and oxygen atoms in total. The maximum atomic E-state index is 12.8. The van der Waals surface area contributed by atoms with Crippen LogP contribution in [0.25, 0.3) is 0 Å². The molecule has 0 aromatic heterocycles. The predicted molar refractivity (Wildman–Crippen MR) is 46.0 cm³/mol. The summed E-state index contributed by atoms with van der Waals surface area (Å²) in [6.45, 7) is 0. The number of allylic oxidation sites excluding steroid dienone is 2. The summed E-state index contributed by atoms with van der Waals surface area (Å²) in [6, 6.07) is 0. The Morgan fingerprint density at radius 1 is 0.320 bits per heavy atom. The molecule has 0 aromatic carbocycles. The number of halogens is 16. The van der Waals surface area contributed by atoms with E-state index in [9.17, 15) is 70.2 Å². The Morgan fingerprint density at radius 2 is 0.640 bits per heavy atom. The van der Waals surface area contributed by atoms with Gasteiger partial charge >= 0.3 is 42.0 Å². The van der Waals surface area contributed by atoms with Gasteiger partial charge in [0.05, 0.1) is 0 Å². The van der Waals surface area contributed by atoms with Crippen molar-refractivity contribution < 1.29 is 70.2 Å². The Hall–Kier alpha value is -1.38. The summed E-state index contributed by atoms with van der Waals surface area (Å²) in [4.78, 5) is 0. The first-order chi connectivity index (χ1) is 10.5. The highest BCUT2D eigenvalue weighted by molar-refractivity contribution is 5.15. The van der Waals surface area contributed by atoms with Crippen LogP contribution in [0.3, 0.4) is 0 Å². The van der Waals surface area contributed by atoms with Gasteiger partial charge in [-0.1, -0.05) is 0 Å². The summed E-state index contributed by atoms with van der Waals surface area (Å²) in [5.41, 5.74) is 0. The molecule has 0 spiro atoms. The predicted octanol–water partition coefficient (Wildman–Crippen LogP) is 5.84. The topological polar surface area (TPSA) is 0 Å². The normalized spacial score (nSPS) is 16.6. The fourth-order valence-corrected chi connectivity index (χ4v) is 0.993. The Bertz CT molecular complexity index is 503. The van der Waals surface area contributed by atoms with Crippen LogP contribution in [-0.2, 0) is 0 Å². The van der Waals surface area contributed by atoms with Crippen molar-refractivity contribution >= 4 is 0 Å². The maximum Gasteiger partial charge on any atom is 0.460 e. The van der Waals surface area contributed by atoms with Crippen molar-refractivity contribution in [3.63, 3.8) is 0 Å². The number of rotatable bonds is 5. The lowest BCUT2D eigenvalue weighted by molar-refractivity contribution is -0.417.